The van der Waals surface area contributed by atoms with Crippen LogP contribution in [0.1, 0.15) is 33.1 Å². The van der Waals surface area contributed by atoms with Crippen LogP contribution in [0.5, 0.6) is 5.75 Å². The summed E-state index contributed by atoms with van der Waals surface area (Å²) in [6.07, 6.45) is 5.71. The topological polar surface area (TPSA) is 79.4 Å². The van der Waals surface area contributed by atoms with Crippen LogP contribution < -0.4 is 15.4 Å². The van der Waals surface area contributed by atoms with Gasteiger partial charge in [-0.2, -0.15) is 0 Å². The Labute approximate surface area is 210 Å². The van der Waals surface area contributed by atoms with Gasteiger partial charge in [-0.25, -0.2) is 14.4 Å². The Balaban J connectivity index is 1.84. The fourth-order valence-electron chi connectivity index (χ4n) is 3.73. The van der Waals surface area contributed by atoms with Crippen LogP contribution in [0.15, 0.2) is 49.3 Å². The Morgan fingerprint density at radius 3 is 2.63 bits per heavy atom. The SMILES string of the molecule is C=CC(=O)Nc1cc2c(Nc3ccc(F)c(Cl)c3)ncnc2cc1OCCCN(CCC)CCC. The largest absolute Gasteiger partial charge is 0.491 e. The van der Waals surface area contributed by atoms with Gasteiger partial charge in [-0.05, 0) is 62.7 Å². The molecule has 2 N–H and O–H groups in total. The van der Waals surface area contributed by atoms with E-state index in [1.165, 1.54) is 24.5 Å². The van der Waals surface area contributed by atoms with Gasteiger partial charge in [0.15, 0.2) is 0 Å². The van der Waals surface area contributed by atoms with Gasteiger partial charge in [0.2, 0.25) is 5.91 Å². The smallest absolute Gasteiger partial charge is 0.247 e. The standard InChI is InChI=1S/C26H31ClFN5O2/c1-4-10-33(11-5-2)12-7-13-35-24-16-22-19(15-23(24)32-25(34)6-3)26(30-17-29-22)31-18-8-9-21(28)20(27)14-18/h6,8-9,14-17H,3-5,7,10-13H2,1-2H3,(H,32,34)(H,29,30,31). The van der Waals surface area contributed by atoms with E-state index in [9.17, 15) is 9.18 Å². The molecule has 7 nitrogen and oxygen atoms in total. The van der Waals surface area contributed by atoms with Crippen molar-refractivity contribution >= 4 is 45.6 Å². The number of carbonyl (C=O) groups is 1. The van der Waals surface area contributed by atoms with E-state index in [-0.39, 0.29) is 10.9 Å². The summed E-state index contributed by atoms with van der Waals surface area (Å²) in [5, 5.41) is 6.59. The zero-order valence-corrected chi connectivity index (χ0v) is 20.9. The molecular weight excluding hydrogens is 469 g/mol. The first-order chi connectivity index (χ1) is 16.9. The van der Waals surface area contributed by atoms with Gasteiger partial charge in [0.25, 0.3) is 0 Å². The summed E-state index contributed by atoms with van der Waals surface area (Å²) in [6, 6.07) is 7.84. The molecule has 0 saturated heterocycles. The third kappa shape index (κ3) is 7.37. The third-order valence-corrected chi connectivity index (χ3v) is 5.61. The van der Waals surface area contributed by atoms with Crippen LogP contribution in [0, 0.1) is 5.82 Å². The van der Waals surface area contributed by atoms with Crippen molar-refractivity contribution < 1.29 is 13.9 Å². The fourth-order valence-corrected chi connectivity index (χ4v) is 3.91. The van der Waals surface area contributed by atoms with Crippen molar-refractivity contribution in [3.05, 3.63) is 60.2 Å². The highest BCUT2D eigenvalue weighted by molar-refractivity contribution is 6.31. The van der Waals surface area contributed by atoms with Crippen molar-refractivity contribution in [2.75, 3.05) is 36.9 Å². The lowest BCUT2D eigenvalue weighted by molar-refractivity contribution is -0.111. The van der Waals surface area contributed by atoms with Gasteiger partial charge in [0, 0.05) is 23.7 Å². The second-order valence-corrected chi connectivity index (χ2v) is 8.49. The van der Waals surface area contributed by atoms with Crippen molar-refractivity contribution in [3.8, 4) is 5.75 Å². The lowest BCUT2D eigenvalue weighted by Gasteiger charge is -2.21. The first-order valence-electron chi connectivity index (χ1n) is 11.7. The highest BCUT2D eigenvalue weighted by atomic mass is 35.5. The number of benzene rings is 2. The molecule has 0 unspecified atom stereocenters. The maximum atomic E-state index is 13.5. The van der Waals surface area contributed by atoms with E-state index in [4.69, 9.17) is 16.3 Å². The molecule has 1 heterocycles. The quantitative estimate of drug-likeness (QED) is 0.216. The lowest BCUT2D eigenvalue weighted by atomic mass is 10.1. The van der Waals surface area contributed by atoms with Crippen LogP contribution in [0.4, 0.5) is 21.6 Å². The number of carbonyl (C=O) groups excluding carboxylic acids is 1. The normalized spacial score (nSPS) is 11.0. The maximum Gasteiger partial charge on any atom is 0.247 e. The predicted octanol–water partition coefficient (Wildman–Crippen LogP) is 6.18. The molecule has 3 rings (SSSR count). The number of fused-ring (bicyclic) bond motifs is 1. The number of rotatable bonds is 13. The van der Waals surface area contributed by atoms with Crippen LogP contribution in [-0.2, 0) is 4.79 Å². The van der Waals surface area contributed by atoms with Crippen LogP contribution >= 0.6 is 11.6 Å². The molecule has 3 aromatic rings. The Morgan fingerprint density at radius 2 is 1.94 bits per heavy atom. The summed E-state index contributed by atoms with van der Waals surface area (Å²) >= 11 is 5.91. The van der Waals surface area contributed by atoms with Gasteiger partial charge in [-0.1, -0.05) is 32.0 Å². The van der Waals surface area contributed by atoms with Gasteiger partial charge >= 0.3 is 0 Å². The zero-order valence-electron chi connectivity index (χ0n) is 20.1. The Hall–Kier alpha value is -3.23. The maximum absolute atomic E-state index is 13.5. The van der Waals surface area contributed by atoms with Gasteiger partial charge in [0.1, 0.15) is 23.7 Å². The highest BCUT2D eigenvalue weighted by Gasteiger charge is 2.14. The molecule has 1 aromatic heterocycles. The summed E-state index contributed by atoms with van der Waals surface area (Å²) in [5.41, 5.74) is 1.68. The molecule has 0 bridgehead atoms. The van der Waals surface area contributed by atoms with E-state index in [2.05, 4.69) is 45.9 Å². The van der Waals surface area contributed by atoms with Gasteiger partial charge in [-0.3, -0.25) is 4.79 Å². The molecule has 2 aromatic carbocycles. The Kier molecular flexibility index (Phi) is 9.81. The highest BCUT2D eigenvalue weighted by Crippen LogP contribution is 2.34. The number of hydrogen-bond donors (Lipinski definition) is 2. The minimum Gasteiger partial charge on any atom is -0.491 e. The van der Waals surface area contributed by atoms with E-state index in [0.717, 1.165) is 38.9 Å². The predicted molar refractivity (Wildman–Crippen MR) is 140 cm³/mol. The van der Waals surface area contributed by atoms with Crippen molar-refractivity contribution in [2.24, 2.45) is 0 Å². The molecule has 186 valence electrons. The van der Waals surface area contributed by atoms with E-state index < -0.39 is 5.82 Å². The van der Waals surface area contributed by atoms with Crippen molar-refractivity contribution in [1.29, 1.82) is 0 Å². The van der Waals surface area contributed by atoms with Crippen molar-refractivity contribution in [1.82, 2.24) is 14.9 Å². The number of aromatic nitrogens is 2. The fraction of sp³-hybridized carbons (Fsp3) is 0.346. The minimum atomic E-state index is -0.506. The molecule has 0 fully saturated rings. The summed E-state index contributed by atoms with van der Waals surface area (Å²) < 4.78 is 19.6. The van der Waals surface area contributed by atoms with Crippen molar-refractivity contribution in [3.63, 3.8) is 0 Å². The van der Waals surface area contributed by atoms with Crippen LogP contribution in [0.3, 0.4) is 0 Å². The van der Waals surface area contributed by atoms with Crippen LogP contribution in [0.25, 0.3) is 10.9 Å². The lowest BCUT2D eigenvalue weighted by Crippen LogP contribution is -2.27. The third-order valence-electron chi connectivity index (χ3n) is 5.32. The van der Waals surface area contributed by atoms with E-state index >= 15 is 0 Å². The molecular formula is C26H31ClFN5O2. The van der Waals surface area contributed by atoms with E-state index in [1.54, 1.807) is 18.2 Å². The first kappa shape index (κ1) is 26.4. The Morgan fingerprint density at radius 1 is 1.17 bits per heavy atom. The monoisotopic (exact) mass is 499 g/mol. The molecule has 0 aliphatic carbocycles. The van der Waals surface area contributed by atoms with E-state index in [0.29, 0.717) is 40.5 Å². The van der Waals surface area contributed by atoms with Gasteiger partial charge in [-0.15, -0.1) is 0 Å². The molecule has 35 heavy (non-hydrogen) atoms. The number of anilines is 3. The van der Waals surface area contributed by atoms with Crippen LogP contribution in [0.2, 0.25) is 5.02 Å². The summed E-state index contributed by atoms with van der Waals surface area (Å²) in [4.78, 5) is 23.2. The molecule has 1 amide bonds. The second kappa shape index (κ2) is 13.0. The summed E-state index contributed by atoms with van der Waals surface area (Å²) in [5.74, 6) is 0.129. The molecule has 0 spiro atoms. The summed E-state index contributed by atoms with van der Waals surface area (Å²) in [6.45, 7) is 11.5. The average Bonchev–Trinajstić information content (AvgIpc) is 2.84. The van der Waals surface area contributed by atoms with Gasteiger partial charge < -0.3 is 20.3 Å². The average molecular weight is 500 g/mol. The minimum absolute atomic E-state index is 0.000535. The number of hydrogen-bond acceptors (Lipinski definition) is 6. The Bertz CT molecular complexity index is 1170. The molecule has 0 aliphatic heterocycles. The summed E-state index contributed by atoms with van der Waals surface area (Å²) in [7, 11) is 0. The van der Waals surface area contributed by atoms with Crippen LogP contribution in [-0.4, -0.2) is 47.0 Å². The zero-order chi connectivity index (χ0) is 25.2. The molecule has 0 atom stereocenters. The van der Waals surface area contributed by atoms with E-state index in [1.807, 2.05) is 0 Å². The number of halogens is 2. The number of nitrogens with one attached hydrogen (secondary N) is 2. The first-order valence-corrected chi connectivity index (χ1v) is 12.1. The number of amides is 1. The number of nitrogens with zero attached hydrogens (tertiary/aromatic N) is 3. The number of ether oxygens (including phenoxy) is 1. The molecule has 0 radical (unpaired) electrons. The molecule has 9 heteroatoms. The molecule has 0 saturated carbocycles. The second-order valence-electron chi connectivity index (χ2n) is 8.08. The van der Waals surface area contributed by atoms with Crippen molar-refractivity contribution in [2.45, 2.75) is 33.1 Å². The molecule has 0 aliphatic rings. The van der Waals surface area contributed by atoms with Gasteiger partial charge in [0.05, 0.1) is 22.8 Å².